The maximum absolute atomic E-state index is 11.8. The predicted octanol–water partition coefficient (Wildman–Crippen LogP) is 0.403. The van der Waals surface area contributed by atoms with E-state index in [9.17, 15) is 9.59 Å². The molecule has 0 aromatic heterocycles. The van der Waals surface area contributed by atoms with Crippen LogP contribution in [0.4, 0.5) is 0 Å². The van der Waals surface area contributed by atoms with Crippen LogP contribution in [-0.2, 0) is 9.59 Å². The molecule has 3 fully saturated rings. The number of carbonyl (C=O) groups is 2. The van der Waals surface area contributed by atoms with E-state index in [1.54, 1.807) is 0 Å². The number of piperidine rings is 1. The summed E-state index contributed by atoms with van der Waals surface area (Å²) >= 11 is 0. The van der Waals surface area contributed by atoms with Crippen LogP contribution in [-0.4, -0.2) is 28.8 Å². The molecule has 1 heterocycles. The highest BCUT2D eigenvalue weighted by molar-refractivity contribution is 6.08. The van der Waals surface area contributed by atoms with Gasteiger partial charge in [-0.1, -0.05) is 6.42 Å². The molecule has 18 heavy (non-hydrogen) atoms. The Labute approximate surface area is 106 Å². The van der Waals surface area contributed by atoms with Crippen molar-refractivity contribution in [3.8, 4) is 6.07 Å². The first-order chi connectivity index (χ1) is 8.57. The maximum atomic E-state index is 11.8. The SMILES string of the molecule is N#CC1(N)CCCC1CCN1C(=O)C2CC2C1=O. The van der Waals surface area contributed by atoms with E-state index in [0.717, 1.165) is 25.7 Å². The van der Waals surface area contributed by atoms with Crippen molar-refractivity contribution in [2.24, 2.45) is 23.5 Å². The Morgan fingerprint density at radius 3 is 2.67 bits per heavy atom. The summed E-state index contributed by atoms with van der Waals surface area (Å²) in [5.41, 5.74) is 5.29. The first-order valence-corrected chi connectivity index (χ1v) is 6.62. The number of nitrogens with zero attached hydrogens (tertiary/aromatic N) is 2. The number of nitriles is 1. The van der Waals surface area contributed by atoms with Gasteiger partial charge in [0.05, 0.1) is 17.9 Å². The molecule has 3 rings (SSSR count). The van der Waals surface area contributed by atoms with Crippen LogP contribution in [0.25, 0.3) is 0 Å². The minimum atomic E-state index is -0.755. The third kappa shape index (κ3) is 1.56. The van der Waals surface area contributed by atoms with Crippen LogP contribution < -0.4 is 5.73 Å². The summed E-state index contributed by atoms with van der Waals surface area (Å²) < 4.78 is 0. The second-order valence-corrected chi connectivity index (χ2v) is 5.81. The van der Waals surface area contributed by atoms with Gasteiger partial charge in [0.1, 0.15) is 5.54 Å². The molecule has 4 atom stereocenters. The van der Waals surface area contributed by atoms with Crippen molar-refractivity contribution in [1.82, 2.24) is 4.90 Å². The fourth-order valence-electron chi connectivity index (χ4n) is 3.41. The summed E-state index contributed by atoms with van der Waals surface area (Å²) in [6, 6.07) is 2.20. The number of fused-ring (bicyclic) bond motifs is 1. The standard InChI is InChI=1S/C13H17N3O2/c14-7-13(15)4-1-2-8(13)3-5-16-11(17)9-6-10(9)12(16)18/h8-10H,1-6,15H2. The van der Waals surface area contributed by atoms with Crippen molar-refractivity contribution in [3.63, 3.8) is 0 Å². The molecular formula is C13H17N3O2. The Balaban J connectivity index is 1.61. The lowest BCUT2D eigenvalue weighted by molar-refractivity contribution is -0.141. The highest BCUT2D eigenvalue weighted by Crippen LogP contribution is 2.47. The molecule has 0 aromatic carbocycles. The van der Waals surface area contributed by atoms with Gasteiger partial charge in [0, 0.05) is 6.54 Å². The van der Waals surface area contributed by atoms with Crippen LogP contribution in [0.5, 0.6) is 0 Å². The van der Waals surface area contributed by atoms with Gasteiger partial charge >= 0.3 is 0 Å². The smallest absolute Gasteiger partial charge is 0.233 e. The molecule has 5 nitrogen and oxygen atoms in total. The van der Waals surface area contributed by atoms with E-state index < -0.39 is 5.54 Å². The molecule has 0 spiro atoms. The second kappa shape index (κ2) is 3.79. The molecule has 1 aliphatic heterocycles. The van der Waals surface area contributed by atoms with E-state index in [1.165, 1.54) is 4.90 Å². The third-order valence-electron chi connectivity index (χ3n) is 4.74. The number of rotatable bonds is 3. The summed E-state index contributed by atoms with van der Waals surface area (Å²) in [5.74, 6) is 0.0320. The first-order valence-electron chi connectivity index (χ1n) is 6.62. The minimum Gasteiger partial charge on any atom is -0.313 e. The number of imide groups is 1. The molecule has 3 aliphatic rings. The van der Waals surface area contributed by atoms with Crippen LogP contribution in [0.3, 0.4) is 0 Å². The molecule has 0 aromatic rings. The summed E-state index contributed by atoms with van der Waals surface area (Å²) in [6.45, 7) is 0.440. The van der Waals surface area contributed by atoms with E-state index in [0.29, 0.717) is 13.0 Å². The fourth-order valence-corrected chi connectivity index (χ4v) is 3.41. The van der Waals surface area contributed by atoms with Gasteiger partial charge in [0.2, 0.25) is 11.8 Å². The molecule has 2 N–H and O–H groups in total. The number of nitrogens with two attached hydrogens (primary N) is 1. The van der Waals surface area contributed by atoms with Crippen LogP contribution in [0.15, 0.2) is 0 Å². The zero-order valence-electron chi connectivity index (χ0n) is 10.3. The van der Waals surface area contributed by atoms with Gasteiger partial charge in [-0.25, -0.2) is 0 Å². The van der Waals surface area contributed by atoms with E-state index in [-0.39, 0.29) is 29.6 Å². The zero-order valence-corrected chi connectivity index (χ0v) is 10.3. The minimum absolute atomic E-state index is 0.0115. The molecule has 0 bridgehead atoms. The van der Waals surface area contributed by atoms with Gasteiger partial charge in [-0.05, 0) is 31.6 Å². The average molecular weight is 247 g/mol. The average Bonchev–Trinajstić information content (AvgIpc) is 3.02. The molecule has 2 saturated carbocycles. The summed E-state index contributed by atoms with van der Waals surface area (Å²) in [4.78, 5) is 25.0. The Hall–Kier alpha value is -1.41. The van der Waals surface area contributed by atoms with Gasteiger partial charge in [-0.3, -0.25) is 14.5 Å². The molecule has 2 aliphatic carbocycles. The fraction of sp³-hybridized carbons (Fsp3) is 0.769. The van der Waals surface area contributed by atoms with E-state index in [4.69, 9.17) is 11.0 Å². The van der Waals surface area contributed by atoms with Gasteiger partial charge in [-0.2, -0.15) is 5.26 Å². The summed E-state index contributed by atoms with van der Waals surface area (Å²) in [6.07, 6.45) is 4.02. The van der Waals surface area contributed by atoms with Crippen molar-refractivity contribution in [2.45, 2.75) is 37.6 Å². The van der Waals surface area contributed by atoms with Crippen LogP contribution in [0.1, 0.15) is 32.1 Å². The Bertz CT molecular complexity index is 436. The molecule has 0 radical (unpaired) electrons. The Kier molecular flexibility index (Phi) is 2.46. The van der Waals surface area contributed by atoms with Crippen LogP contribution >= 0.6 is 0 Å². The van der Waals surface area contributed by atoms with Crippen LogP contribution in [0.2, 0.25) is 0 Å². The Morgan fingerprint density at radius 1 is 1.39 bits per heavy atom. The molecule has 1 saturated heterocycles. The van der Waals surface area contributed by atoms with Gasteiger partial charge in [0.25, 0.3) is 0 Å². The van der Waals surface area contributed by atoms with Crippen molar-refractivity contribution in [2.75, 3.05) is 6.54 Å². The molecular weight excluding hydrogens is 230 g/mol. The third-order valence-corrected chi connectivity index (χ3v) is 4.74. The lowest BCUT2D eigenvalue weighted by atomic mass is 9.87. The van der Waals surface area contributed by atoms with E-state index in [1.807, 2.05) is 0 Å². The normalized spacial score (nSPS) is 42.0. The Morgan fingerprint density at radius 2 is 2.06 bits per heavy atom. The van der Waals surface area contributed by atoms with Crippen LogP contribution in [0, 0.1) is 29.1 Å². The van der Waals surface area contributed by atoms with Gasteiger partial charge < -0.3 is 5.73 Å². The molecule has 4 unspecified atom stereocenters. The lowest BCUT2D eigenvalue weighted by Crippen LogP contribution is -2.44. The number of hydrogen-bond donors (Lipinski definition) is 1. The predicted molar refractivity (Wildman–Crippen MR) is 62.8 cm³/mol. The van der Waals surface area contributed by atoms with E-state index in [2.05, 4.69) is 6.07 Å². The number of amides is 2. The molecule has 96 valence electrons. The monoisotopic (exact) mass is 247 g/mol. The largest absolute Gasteiger partial charge is 0.313 e. The second-order valence-electron chi connectivity index (χ2n) is 5.81. The van der Waals surface area contributed by atoms with Gasteiger partial charge in [-0.15, -0.1) is 0 Å². The van der Waals surface area contributed by atoms with Crippen molar-refractivity contribution in [3.05, 3.63) is 0 Å². The van der Waals surface area contributed by atoms with Crippen molar-refractivity contribution in [1.29, 1.82) is 5.26 Å². The quantitative estimate of drug-likeness (QED) is 0.731. The summed E-state index contributed by atoms with van der Waals surface area (Å²) in [7, 11) is 0. The number of hydrogen-bond acceptors (Lipinski definition) is 4. The van der Waals surface area contributed by atoms with E-state index >= 15 is 0 Å². The first kappa shape index (κ1) is 11.7. The van der Waals surface area contributed by atoms with Crippen molar-refractivity contribution >= 4 is 11.8 Å². The molecule has 5 heteroatoms. The highest BCUT2D eigenvalue weighted by Gasteiger charge is 2.58. The zero-order chi connectivity index (χ0) is 12.9. The summed E-state index contributed by atoms with van der Waals surface area (Å²) in [5, 5.41) is 9.12. The van der Waals surface area contributed by atoms with Crippen molar-refractivity contribution < 1.29 is 9.59 Å². The number of likely N-dealkylation sites (tertiary alicyclic amines) is 1. The maximum Gasteiger partial charge on any atom is 0.233 e. The molecule has 2 amide bonds. The topological polar surface area (TPSA) is 87.2 Å². The van der Waals surface area contributed by atoms with Gasteiger partial charge in [0.15, 0.2) is 0 Å². The lowest BCUT2D eigenvalue weighted by Gasteiger charge is -2.26. The number of carbonyl (C=O) groups excluding carboxylic acids is 2. The highest BCUT2D eigenvalue weighted by atomic mass is 16.2.